The molecule has 2 N–H and O–H groups in total. The van der Waals surface area contributed by atoms with Gasteiger partial charge in [0.25, 0.3) is 5.91 Å². The maximum absolute atomic E-state index is 13.8. The third-order valence-electron chi connectivity index (χ3n) is 4.72. The van der Waals surface area contributed by atoms with E-state index in [1.807, 2.05) is 23.6 Å². The van der Waals surface area contributed by atoms with Gasteiger partial charge in [0.05, 0.1) is 17.1 Å². The Morgan fingerprint density at radius 1 is 1.28 bits per heavy atom. The van der Waals surface area contributed by atoms with Gasteiger partial charge >= 0.3 is 6.18 Å². The van der Waals surface area contributed by atoms with Gasteiger partial charge in [0.15, 0.2) is 11.7 Å². The number of nitrogens with one attached hydrogen (secondary N) is 2. The molecule has 10 heteroatoms. The Balaban J connectivity index is 1.65. The number of rotatable bonds is 4. The van der Waals surface area contributed by atoms with Crippen LogP contribution in [0.2, 0.25) is 0 Å². The van der Waals surface area contributed by atoms with Crippen molar-refractivity contribution in [3.05, 3.63) is 68.5 Å². The molecular weight excluding hydrogens is 469 g/mol. The Morgan fingerprint density at radius 2 is 2.03 bits per heavy atom. The van der Waals surface area contributed by atoms with Gasteiger partial charge in [-0.3, -0.25) is 4.79 Å². The fourth-order valence-electron chi connectivity index (χ4n) is 3.30. The molecular formula is C19H16BrF3N4OS. The quantitative estimate of drug-likeness (QED) is 0.528. The summed E-state index contributed by atoms with van der Waals surface area (Å²) in [6.07, 6.45) is -4.72. The van der Waals surface area contributed by atoms with E-state index in [0.29, 0.717) is 0 Å². The molecule has 3 heterocycles. The van der Waals surface area contributed by atoms with Crippen molar-refractivity contribution < 1.29 is 18.0 Å². The Hall–Kier alpha value is -2.33. The highest BCUT2D eigenvalue weighted by molar-refractivity contribution is 9.10. The van der Waals surface area contributed by atoms with Gasteiger partial charge in [-0.2, -0.15) is 18.3 Å². The summed E-state index contributed by atoms with van der Waals surface area (Å²) in [6.45, 7) is 0.286. The fraction of sp³-hybridized carbons (Fsp3) is 0.263. The van der Waals surface area contributed by atoms with Gasteiger partial charge in [0.1, 0.15) is 5.82 Å². The molecule has 1 aliphatic heterocycles. The van der Waals surface area contributed by atoms with E-state index in [9.17, 15) is 18.0 Å². The minimum Gasteiger partial charge on any atom is -0.362 e. The van der Waals surface area contributed by atoms with Crippen molar-refractivity contribution in [3.63, 3.8) is 0 Å². The summed E-state index contributed by atoms with van der Waals surface area (Å²) in [5.41, 5.74) is 0.664. The molecule has 0 unspecified atom stereocenters. The number of benzene rings is 1. The molecule has 0 fully saturated rings. The van der Waals surface area contributed by atoms with E-state index in [1.54, 1.807) is 24.3 Å². The fourth-order valence-corrected chi connectivity index (χ4v) is 4.50. The van der Waals surface area contributed by atoms with Crippen LogP contribution >= 0.6 is 27.3 Å². The Morgan fingerprint density at radius 3 is 2.69 bits per heavy atom. The molecule has 0 aliphatic carbocycles. The lowest BCUT2D eigenvalue weighted by Crippen LogP contribution is -2.35. The topological polar surface area (TPSA) is 59.0 Å². The number of anilines is 1. The van der Waals surface area contributed by atoms with E-state index >= 15 is 0 Å². The van der Waals surface area contributed by atoms with E-state index < -0.39 is 24.2 Å². The van der Waals surface area contributed by atoms with Gasteiger partial charge < -0.3 is 10.6 Å². The standard InChI is InChI=1S/C19H16BrF3N4OS/c20-15-16(18(28)24-10-12-7-4-8-29-12)26-27-14(19(21,22)23)9-13(25-17(15)27)11-5-2-1-3-6-11/h1-8,13-14,25H,9-10H2,(H,24,28)/t13-,14+/m1/s1. The third kappa shape index (κ3) is 4.04. The number of aromatic nitrogens is 2. The predicted octanol–water partition coefficient (Wildman–Crippen LogP) is 5.30. The number of fused-ring (bicyclic) bond motifs is 1. The second-order valence-corrected chi connectivity index (χ2v) is 8.44. The number of hydrogen-bond donors (Lipinski definition) is 2. The lowest BCUT2D eigenvalue weighted by atomic mass is 9.97. The number of carbonyl (C=O) groups is 1. The van der Waals surface area contributed by atoms with Gasteiger partial charge in [-0.05, 0) is 32.9 Å². The molecule has 2 atom stereocenters. The molecule has 0 bridgehead atoms. The Labute approximate surface area is 177 Å². The summed E-state index contributed by atoms with van der Waals surface area (Å²) in [7, 11) is 0. The van der Waals surface area contributed by atoms with Crippen LogP contribution in [0.3, 0.4) is 0 Å². The Kier molecular flexibility index (Phi) is 5.39. The molecule has 4 rings (SSSR count). The summed E-state index contributed by atoms with van der Waals surface area (Å²) < 4.78 is 42.4. The molecule has 29 heavy (non-hydrogen) atoms. The molecule has 0 spiro atoms. The van der Waals surface area contributed by atoms with E-state index in [1.165, 1.54) is 11.3 Å². The number of thiophene rings is 1. The van der Waals surface area contributed by atoms with Crippen LogP contribution in [0.1, 0.15) is 39.4 Å². The van der Waals surface area contributed by atoms with Gasteiger partial charge in [-0.15, -0.1) is 11.3 Å². The van der Waals surface area contributed by atoms with Crippen LogP contribution in [0.25, 0.3) is 0 Å². The lowest BCUT2D eigenvalue weighted by Gasteiger charge is -2.33. The summed E-state index contributed by atoms with van der Waals surface area (Å²) in [6, 6.07) is 10.3. The first-order chi connectivity index (χ1) is 13.8. The van der Waals surface area contributed by atoms with Crippen molar-refractivity contribution in [3.8, 4) is 0 Å². The molecule has 5 nitrogen and oxygen atoms in total. The van der Waals surface area contributed by atoms with E-state index in [2.05, 4.69) is 31.7 Å². The molecule has 0 saturated carbocycles. The first-order valence-corrected chi connectivity index (χ1v) is 10.5. The van der Waals surface area contributed by atoms with Crippen molar-refractivity contribution in [1.82, 2.24) is 15.1 Å². The van der Waals surface area contributed by atoms with Gasteiger partial charge in [-0.25, -0.2) is 4.68 Å². The Bertz CT molecular complexity index is 1000. The van der Waals surface area contributed by atoms with Crippen molar-refractivity contribution in [2.45, 2.75) is 31.2 Å². The lowest BCUT2D eigenvalue weighted by molar-refractivity contribution is -0.173. The molecule has 0 radical (unpaired) electrons. The largest absolute Gasteiger partial charge is 0.410 e. The summed E-state index contributed by atoms with van der Waals surface area (Å²) in [4.78, 5) is 13.5. The highest BCUT2D eigenvalue weighted by Gasteiger charge is 2.47. The van der Waals surface area contributed by atoms with Crippen LogP contribution in [0.4, 0.5) is 19.0 Å². The normalized spacial score (nSPS) is 18.8. The maximum atomic E-state index is 13.8. The minimum atomic E-state index is -4.50. The van der Waals surface area contributed by atoms with Crippen LogP contribution in [0, 0.1) is 0 Å². The molecule has 152 valence electrons. The molecule has 1 amide bonds. The van der Waals surface area contributed by atoms with E-state index in [-0.39, 0.29) is 29.0 Å². The maximum Gasteiger partial charge on any atom is 0.410 e. The number of hydrogen-bond acceptors (Lipinski definition) is 4. The van der Waals surface area contributed by atoms with Crippen molar-refractivity contribution in [1.29, 1.82) is 0 Å². The zero-order chi connectivity index (χ0) is 20.6. The van der Waals surface area contributed by atoms with Gasteiger partial charge in [0, 0.05) is 11.3 Å². The SMILES string of the molecule is O=C(NCc1cccs1)c1nn2c(c1Br)N[C@@H](c1ccccc1)C[C@H]2C(F)(F)F. The number of alkyl halides is 3. The zero-order valence-corrected chi connectivity index (χ0v) is 17.3. The minimum absolute atomic E-state index is 0.0768. The highest BCUT2D eigenvalue weighted by atomic mass is 79.9. The predicted molar refractivity (Wildman–Crippen MR) is 108 cm³/mol. The third-order valence-corrected chi connectivity index (χ3v) is 6.34. The van der Waals surface area contributed by atoms with Crippen LogP contribution in [-0.2, 0) is 6.54 Å². The van der Waals surface area contributed by atoms with Crippen molar-refractivity contribution >= 4 is 39.0 Å². The molecule has 1 aliphatic rings. The first kappa shape index (κ1) is 20.0. The molecule has 0 saturated heterocycles. The van der Waals surface area contributed by atoms with Crippen molar-refractivity contribution in [2.75, 3.05) is 5.32 Å². The van der Waals surface area contributed by atoms with Gasteiger partial charge in [0.2, 0.25) is 0 Å². The van der Waals surface area contributed by atoms with Crippen LogP contribution in [0.5, 0.6) is 0 Å². The summed E-state index contributed by atoms with van der Waals surface area (Å²) >= 11 is 4.76. The van der Waals surface area contributed by atoms with Crippen molar-refractivity contribution in [2.24, 2.45) is 0 Å². The second kappa shape index (κ2) is 7.83. The van der Waals surface area contributed by atoms with Crippen LogP contribution in [0.15, 0.2) is 52.3 Å². The number of carbonyl (C=O) groups excluding carboxylic acids is 1. The highest BCUT2D eigenvalue weighted by Crippen LogP contribution is 2.46. The van der Waals surface area contributed by atoms with Crippen LogP contribution < -0.4 is 10.6 Å². The molecule has 1 aromatic carbocycles. The zero-order valence-electron chi connectivity index (χ0n) is 14.9. The van der Waals surface area contributed by atoms with E-state index in [4.69, 9.17) is 0 Å². The van der Waals surface area contributed by atoms with E-state index in [0.717, 1.165) is 15.1 Å². The average molecular weight is 485 g/mol. The number of amides is 1. The second-order valence-electron chi connectivity index (χ2n) is 6.62. The molecule has 3 aromatic rings. The number of halogens is 4. The average Bonchev–Trinajstić information content (AvgIpc) is 3.33. The smallest absolute Gasteiger partial charge is 0.362 e. The monoisotopic (exact) mass is 484 g/mol. The first-order valence-electron chi connectivity index (χ1n) is 8.81. The summed E-state index contributed by atoms with van der Waals surface area (Å²) in [5.74, 6) is -0.389. The van der Waals surface area contributed by atoms with Crippen LogP contribution in [-0.4, -0.2) is 21.9 Å². The number of nitrogens with zero attached hydrogens (tertiary/aromatic N) is 2. The molecule has 2 aromatic heterocycles. The van der Waals surface area contributed by atoms with Gasteiger partial charge in [-0.1, -0.05) is 36.4 Å². The summed E-state index contributed by atoms with van der Waals surface area (Å²) in [5, 5.41) is 11.7.